The van der Waals surface area contributed by atoms with Crippen LogP contribution in [-0.4, -0.2) is 32.3 Å². The van der Waals surface area contributed by atoms with Crippen LogP contribution in [0.5, 0.6) is 0 Å². The van der Waals surface area contributed by atoms with Crippen molar-refractivity contribution in [2.75, 3.05) is 13.1 Å². The van der Waals surface area contributed by atoms with E-state index in [1.54, 1.807) is 0 Å². The van der Waals surface area contributed by atoms with Gasteiger partial charge >= 0.3 is 0 Å². The van der Waals surface area contributed by atoms with Crippen molar-refractivity contribution in [3.63, 3.8) is 0 Å². The third kappa shape index (κ3) is 3.34. The summed E-state index contributed by atoms with van der Waals surface area (Å²) in [7, 11) is 0. The van der Waals surface area contributed by atoms with E-state index < -0.39 is 0 Å². The van der Waals surface area contributed by atoms with Crippen molar-refractivity contribution in [2.45, 2.75) is 19.6 Å². The van der Waals surface area contributed by atoms with Crippen LogP contribution in [0.4, 0.5) is 0 Å². The molecule has 19 heavy (non-hydrogen) atoms. The van der Waals surface area contributed by atoms with Gasteiger partial charge in [0.25, 0.3) is 5.56 Å². The molecule has 0 amide bonds. The van der Waals surface area contributed by atoms with Gasteiger partial charge in [0.2, 0.25) is 0 Å². The van der Waals surface area contributed by atoms with Crippen molar-refractivity contribution in [3.8, 4) is 0 Å². The maximum absolute atomic E-state index is 11.8. The summed E-state index contributed by atoms with van der Waals surface area (Å²) in [5.41, 5.74) is 0.697. The number of aromatic nitrogens is 2. The molecule has 0 aliphatic rings. The summed E-state index contributed by atoms with van der Waals surface area (Å²) in [5, 5.41) is 1.88. The number of rotatable bonds is 4. The molecule has 0 unspecified atom stereocenters. The molecule has 2 aromatic rings. The third-order valence-corrected chi connectivity index (χ3v) is 5.15. The van der Waals surface area contributed by atoms with E-state index in [2.05, 4.69) is 28.7 Å². The Hall–Kier alpha value is -0.920. The summed E-state index contributed by atoms with van der Waals surface area (Å²) in [4.78, 5) is 21.2. The summed E-state index contributed by atoms with van der Waals surface area (Å²) < 4.78 is 1.53. The zero-order valence-electron chi connectivity index (χ0n) is 10.8. The molecule has 0 atom stereocenters. The largest absolute Gasteiger partial charge is 0.358 e. The minimum absolute atomic E-state index is 0.0654. The minimum atomic E-state index is -0.0654. The lowest BCUT2D eigenvalue weighted by Gasteiger charge is -2.20. The SMILES string of the molecule is CCN(CC)C(=S)SCc1nc2ccsc2c(=O)[nH]1. The molecule has 2 aromatic heterocycles. The Labute approximate surface area is 125 Å². The average molecular weight is 313 g/mol. The van der Waals surface area contributed by atoms with E-state index in [0.29, 0.717) is 16.3 Å². The molecule has 102 valence electrons. The van der Waals surface area contributed by atoms with Gasteiger partial charge in [0.1, 0.15) is 14.8 Å². The first-order valence-corrected chi connectivity index (χ1v) is 8.31. The molecule has 4 nitrogen and oxygen atoms in total. The van der Waals surface area contributed by atoms with Crippen LogP contribution in [0.3, 0.4) is 0 Å². The van der Waals surface area contributed by atoms with E-state index in [-0.39, 0.29) is 5.56 Å². The lowest BCUT2D eigenvalue weighted by Crippen LogP contribution is -2.26. The summed E-state index contributed by atoms with van der Waals surface area (Å²) in [6.07, 6.45) is 0. The normalized spacial score (nSPS) is 10.8. The van der Waals surface area contributed by atoms with Gasteiger partial charge in [-0.3, -0.25) is 4.79 Å². The van der Waals surface area contributed by atoms with Crippen molar-refractivity contribution in [3.05, 3.63) is 27.6 Å². The van der Waals surface area contributed by atoms with Crippen LogP contribution < -0.4 is 5.56 Å². The predicted octanol–water partition coefficient (Wildman–Crippen LogP) is 2.84. The lowest BCUT2D eigenvalue weighted by molar-refractivity contribution is 0.482. The van der Waals surface area contributed by atoms with Crippen LogP contribution >= 0.6 is 35.3 Å². The fraction of sp³-hybridized carbons (Fsp3) is 0.417. The maximum atomic E-state index is 11.8. The summed E-state index contributed by atoms with van der Waals surface area (Å²) >= 11 is 8.30. The quantitative estimate of drug-likeness (QED) is 0.880. The first kappa shape index (κ1) is 14.5. The van der Waals surface area contributed by atoms with Gasteiger partial charge < -0.3 is 9.88 Å². The van der Waals surface area contributed by atoms with Crippen molar-refractivity contribution < 1.29 is 0 Å². The Morgan fingerprint density at radius 2 is 2.26 bits per heavy atom. The van der Waals surface area contributed by atoms with Crippen molar-refractivity contribution >= 4 is 49.9 Å². The zero-order valence-corrected chi connectivity index (χ0v) is 13.3. The van der Waals surface area contributed by atoms with Gasteiger partial charge in [-0.05, 0) is 25.3 Å². The Morgan fingerprint density at radius 1 is 1.53 bits per heavy atom. The molecule has 0 saturated carbocycles. The van der Waals surface area contributed by atoms with Crippen molar-refractivity contribution in [2.24, 2.45) is 0 Å². The molecule has 0 fully saturated rings. The van der Waals surface area contributed by atoms with Crippen LogP contribution in [0.2, 0.25) is 0 Å². The van der Waals surface area contributed by atoms with E-state index in [4.69, 9.17) is 12.2 Å². The van der Waals surface area contributed by atoms with Gasteiger partial charge in [0.15, 0.2) is 0 Å². The monoisotopic (exact) mass is 313 g/mol. The number of hydrogen-bond acceptors (Lipinski definition) is 5. The molecular formula is C12H15N3OS3. The van der Waals surface area contributed by atoms with E-state index in [1.807, 2.05) is 11.4 Å². The van der Waals surface area contributed by atoms with Gasteiger partial charge in [-0.1, -0.05) is 24.0 Å². The predicted molar refractivity (Wildman–Crippen MR) is 87.1 cm³/mol. The summed E-state index contributed by atoms with van der Waals surface area (Å²) in [6, 6.07) is 1.87. The Balaban J connectivity index is 2.09. The second kappa shape index (κ2) is 6.49. The zero-order chi connectivity index (χ0) is 13.8. The number of thiocarbonyl (C=S) groups is 1. The van der Waals surface area contributed by atoms with Gasteiger partial charge in [0.05, 0.1) is 11.3 Å². The second-order valence-corrected chi connectivity index (χ2v) is 6.40. The van der Waals surface area contributed by atoms with E-state index in [0.717, 1.165) is 22.9 Å². The number of aromatic amines is 1. The number of fused-ring (bicyclic) bond motifs is 1. The third-order valence-electron chi connectivity index (χ3n) is 2.72. The van der Waals surface area contributed by atoms with Gasteiger partial charge in [-0.25, -0.2) is 4.98 Å². The topological polar surface area (TPSA) is 49.0 Å². The molecule has 0 saturated heterocycles. The molecule has 0 bridgehead atoms. The number of H-pyrrole nitrogens is 1. The van der Waals surface area contributed by atoms with Gasteiger partial charge in [0, 0.05) is 13.1 Å². The molecular weight excluding hydrogens is 298 g/mol. The molecule has 7 heteroatoms. The van der Waals surface area contributed by atoms with Crippen LogP contribution in [-0.2, 0) is 5.75 Å². The van der Waals surface area contributed by atoms with Gasteiger partial charge in [-0.15, -0.1) is 11.3 Å². The highest BCUT2D eigenvalue weighted by Crippen LogP contribution is 2.17. The number of hydrogen-bond donors (Lipinski definition) is 1. The van der Waals surface area contributed by atoms with Crippen LogP contribution in [0.25, 0.3) is 10.2 Å². The number of thioether (sulfide) groups is 1. The minimum Gasteiger partial charge on any atom is -0.358 e. The van der Waals surface area contributed by atoms with Crippen LogP contribution in [0.1, 0.15) is 19.7 Å². The molecule has 0 aliphatic heterocycles. The lowest BCUT2D eigenvalue weighted by atomic mass is 10.4. The summed E-state index contributed by atoms with van der Waals surface area (Å²) in [6.45, 7) is 5.95. The molecule has 2 rings (SSSR count). The molecule has 0 spiro atoms. The van der Waals surface area contributed by atoms with E-state index in [1.165, 1.54) is 23.1 Å². The standard InChI is InChI=1S/C12H15N3OS3/c1-3-15(4-2)12(17)19-7-9-13-8-5-6-18-10(8)11(16)14-9/h5-6H,3-4,7H2,1-2H3,(H,13,14,16). The smallest absolute Gasteiger partial charge is 0.268 e. The summed E-state index contributed by atoms with van der Waals surface area (Å²) in [5.74, 6) is 1.27. The fourth-order valence-corrected chi connectivity index (χ4v) is 3.69. The average Bonchev–Trinajstić information content (AvgIpc) is 2.86. The Kier molecular flexibility index (Phi) is 4.95. The van der Waals surface area contributed by atoms with Crippen LogP contribution in [0.15, 0.2) is 16.2 Å². The number of nitrogens with one attached hydrogen (secondary N) is 1. The highest BCUT2D eigenvalue weighted by atomic mass is 32.2. The Bertz CT molecular complexity index is 630. The Morgan fingerprint density at radius 3 is 2.95 bits per heavy atom. The molecule has 1 N–H and O–H groups in total. The van der Waals surface area contributed by atoms with Gasteiger partial charge in [-0.2, -0.15) is 0 Å². The highest BCUT2D eigenvalue weighted by molar-refractivity contribution is 8.22. The highest BCUT2D eigenvalue weighted by Gasteiger charge is 2.09. The number of thiophene rings is 1. The number of nitrogens with zero attached hydrogens (tertiary/aromatic N) is 2. The van der Waals surface area contributed by atoms with Crippen molar-refractivity contribution in [1.82, 2.24) is 14.9 Å². The first-order valence-electron chi connectivity index (χ1n) is 6.03. The maximum Gasteiger partial charge on any atom is 0.268 e. The van der Waals surface area contributed by atoms with Crippen molar-refractivity contribution in [1.29, 1.82) is 0 Å². The molecule has 0 aromatic carbocycles. The first-order chi connectivity index (χ1) is 9.15. The van der Waals surface area contributed by atoms with E-state index in [9.17, 15) is 4.79 Å². The fourth-order valence-electron chi connectivity index (χ4n) is 1.69. The second-order valence-electron chi connectivity index (χ2n) is 3.87. The molecule has 0 radical (unpaired) electrons. The van der Waals surface area contributed by atoms with Crippen LogP contribution in [0, 0.1) is 0 Å². The van der Waals surface area contributed by atoms with E-state index >= 15 is 0 Å². The molecule has 2 heterocycles. The molecule has 0 aliphatic carbocycles.